The van der Waals surface area contributed by atoms with Crippen LogP contribution in [0.25, 0.3) is 0 Å². The Morgan fingerprint density at radius 1 is 1.00 bits per heavy atom. The van der Waals surface area contributed by atoms with E-state index in [1.807, 2.05) is 75.4 Å². The second-order valence-corrected chi connectivity index (χ2v) is 9.05. The second-order valence-electron chi connectivity index (χ2n) is 9.05. The molecule has 0 aromatic heterocycles. The normalized spacial score (nSPS) is 21.8. The van der Waals surface area contributed by atoms with Crippen LogP contribution in [0.1, 0.15) is 43.5 Å². The summed E-state index contributed by atoms with van der Waals surface area (Å²) in [5, 5.41) is 6.16. The zero-order valence-corrected chi connectivity index (χ0v) is 17.6. The molecule has 2 atom stereocenters. The molecule has 0 radical (unpaired) electrons. The Morgan fingerprint density at radius 2 is 1.67 bits per heavy atom. The molecule has 2 N–H and O–H groups in total. The van der Waals surface area contributed by atoms with Crippen molar-refractivity contribution in [2.45, 2.75) is 50.3 Å². The number of amides is 2. The van der Waals surface area contributed by atoms with Crippen molar-refractivity contribution < 1.29 is 19.1 Å². The van der Waals surface area contributed by atoms with E-state index in [1.54, 1.807) is 0 Å². The number of carbonyl (C=O) groups excluding carboxylic acids is 2. The molecule has 6 heteroatoms. The molecular formula is C24H28N2O4. The van der Waals surface area contributed by atoms with Crippen LogP contribution in [0.2, 0.25) is 0 Å². The van der Waals surface area contributed by atoms with Crippen LogP contribution in [-0.2, 0) is 26.1 Å². The van der Waals surface area contributed by atoms with Gasteiger partial charge in [-0.05, 0) is 43.9 Å². The topological polar surface area (TPSA) is 76.7 Å². The molecule has 30 heavy (non-hydrogen) atoms. The average Bonchev–Trinajstić information content (AvgIpc) is 2.97. The number of carbonyl (C=O) groups is 2. The van der Waals surface area contributed by atoms with Crippen molar-refractivity contribution in [3.8, 4) is 0 Å². The van der Waals surface area contributed by atoms with E-state index in [1.165, 1.54) is 0 Å². The highest BCUT2D eigenvalue weighted by Crippen LogP contribution is 2.36. The first-order chi connectivity index (χ1) is 14.3. The van der Waals surface area contributed by atoms with Crippen molar-refractivity contribution in [2.75, 3.05) is 13.2 Å². The summed E-state index contributed by atoms with van der Waals surface area (Å²) in [4.78, 5) is 25.9. The van der Waals surface area contributed by atoms with Crippen LogP contribution in [0.4, 0.5) is 4.79 Å². The highest BCUT2D eigenvalue weighted by molar-refractivity contribution is 5.90. The SMILES string of the molecule is CC(C)(C)OC(=O)N[C@H]1c2ccccc2C[C@@H]1NC(=O)C1(c2ccccc2)COC1. The first-order valence-corrected chi connectivity index (χ1v) is 10.3. The number of rotatable bonds is 4. The molecule has 1 saturated heterocycles. The minimum absolute atomic E-state index is 0.0752. The Labute approximate surface area is 177 Å². The molecule has 0 bridgehead atoms. The van der Waals surface area contributed by atoms with Crippen LogP contribution in [0.3, 0.4) is 0 Å². The zero-order chi connectivity index (χ0) is 21.4. The largest absolute Gasteiger partial charge is 0.444 e. The summed E-state index contributed by atoms with van der Waals surface area (Å²) in [7, 11) is 0. The molecule has 2 aliphatic rings. The van der Waals surface area contributed by atoms with Gasteiger partial charge in [-0.1, -0.05) is 54.6 Å². The maximum absolute atomic E-state index is 13.4. The van der Waals surface area contributed by atoms with E-state index < -0.39 is 17.1 Å². The summed E-state index contributed by atoms with van der Waals surface area (Å²) in [5.41, 5.74) is 1.78. The maximum atomic E-state index is 13.4. The number of alkyl carbamates (subject to hydrolysis) is 1. The third-order valence-corrected chi connectivity index (χ3v) is 5.68. The summed E-state index contributed by atoms with van der Waals surface area (Å²) in [6.45, 7) is 6.19. The Bertz CT molecular complexity index is 932. The van der Waals surface area contributed by atoms with Crippen molar-refractivity contribution in [3.63, 3.8) is 0 Å². The second kappa shape index (κ2) is 7.76. The molecular weight excluding hydrogens is 380 g/mol. The van der Waals surface area contributed by atoms with Crippen LogP contribution < -0.4 is 10.6 Å². The number of fused-ring (bicyclic) bond motifs is 1. The molecule has 0 spiro atoms. The Balaban J connectivity index is 1.55. The Morgan fingerprint density at radius 3 is 2.30 bits per heavy atom. The molecule has 1 aliphatic heterocycles. The summed E-state index contributed by atoms with van der Waals surface area (Å²) in [6, 6.07) is 17.0. The lowest BCUT2D eigenvalue weighted by molar-refractivity contribution is -0.146. The number of benzene rings is 2. The van der Waals surface area contributed by atoms with E-state index >= 15 is 0 Å². The van der Waals surface area contributed by atoms with Gasteiger partial charge in [0.05, 0.1) is 25.3 Å². The molecule has 158 valence electrons. The van der Waals surface area contributed by atoms with Crippen LogP contribution >= 0.6 is 0 Å². The fourth-order valence-electron chi connectivity index (χ4n) is 4.14. The van der Waals surface area contributed by atoms with Crippen molar-refractivity contribution in [2.24, 2.45) is 0 Å². The molecule has 1 heterocycles. The standard InChI is InChI=1S/C24H28N2O4/c1-23(2,3)30-22(28)26-20-18-12-8-7-9-16(18)13-19(20)25-21(27)24(14-29-15-24)17-10-5-4-6-11-17/h4-12,19-20H,13-15H2,1-3H3,(H,25,27)(H,26,28)/t19-,20-/m0/s1. The third kappa shape index (κ3) is 3.92. The smallest absolute Gasteiger partial charge is 0.408 e. The molecule has 0 saturated carbocycles. The molecule has 2 aromatic rings. The third-order valence-electron chi connectivity index (χ3n) is 5.68. The quantitative estimate of drug-likeness (QED) is 0.814. The molecule has 2 amide bonds. The van der Waals surface area contributed by atoms with Crippen molar-refractivity contribution in [3.05, 3.63) is 71.3 Å². The van der Waals surface area contributed by atoms with E-state index in [-0.39, 0.29) is 18.0 Å². The lowest BCUT2D eigenvalue weighted by Crippen LogP contribution is -2.60. The van der Waals surface area contributed by atoms with Crippen molar-refractivity contribution in [1.29, 1.82) is 0 Å². The highest BCUT2D eigenvalue weighted by Gasteiger charge is 2.49. The van der Waals surface area contributed by atoms with Crippen molar-refractivity contribution in [1.82, 2.24) is 10.6 Å². The van der Waals surface area contributed by atoms with Gasteiger partial charge in [-0.25, -0.2) is 4.79 Å². The van der Waals surface area contributed by atoms with Gasteiger partial charge < -0.3 is 20.1 Å². The van der Waals surface area contributed by atoms with Gasteiger partial charge in [0.15, 0.2) is 0 Å². The first kappa shape index (κ1) is 20.4. The monoisotopic (exact) mass is 408 g/mol. The highest BCUT2D eigenvalue weighted by atomic mass is 16.6. The van der Waals surface area contributed by atoms with E-state index in [0.29, 0.717) is 19.6 Å². The van der Waals surface area contributed by atoms with E-state index in [9.17, 15) is 9.59 Å². The number of ether oxygens (including phenoxy) is 2. The van der Waals surface area contributed by atoms with Gasteiger partial charge in [-0.3, -0.25) is 4.79 Å². The zero-order valence-electron chi connectivity index (χ0n) is 17.6. The first-order valence-electron chi connectivity index (χ1n) is 10.3. The predicted molar refractivity (Wildman–Crippen MR) is 113 cm³/mol. The molecule has 4 rings (SSSR count). The lowest BCUT2D eigenvalue weighted by atomic mass is 9.77. The minimum atomic E-state index is -0.688. The molecule has 6 nitrogen and oxygen atoms in total. The molecule has 1 fully saturated rings. The minimum Gasteiger partial charge on any atom is -0.444 e. The molecule has 1 aliphatic carbocycles. The maximum Gasteiger partial charge on any atom is 0.408 e. The lowest BCUT2D eigenvalue weighted by Gasteiger charge is -2.41. The Kier molecular flexibility index (Phi) is 5.28. The molecule has 2 aromatic carbocycles. The molecule has 0 unspecified atom stereocenters. The van der Waals surface area contributed by atoms with Crippen LogP contribution in [0.5, 0.6) is 0 Å². The van der Waals surface area contributed by atoms with Gasteiger partial charge in [0, 0.05) is 0 Å². The summed E-state index contributed by atoms with van der Waals surface area (Å²) >= 11 is 0. The number of hydrogen-bond acceptors (Lipinski definition) is 4. The van der Waals surface area contributed by atoms with Crippen LogP contribution in [0, 0.1) is 0 Å². The number of nitrogens with one attached hydrogen (secondary N) is 2. The fourth-order valence-corrected chi connectivity index (χ4v) is 4.14. The van der Waals surface area contributed by atoms with E-state index in [0.717, 1.165) is 16.7 Å². The van der Waals surface area contributed by atoms with E-state index in [2.05, 4.69) is 10.6 Å². The summed E-state index contributed by atoms with van der Waals surface area (Å²) in [6.07, 6.45) is 0.155. The van der Waals surface area contributed by atoms with Gasteiger partial charge in [0.1, 0.15) is 11.0 Å². The van der Waals surface area contributed by atoms with Crippen molar-refractivity contribution >= 4 is 12.0 Å². The summed E-state index contributed by atoms with van der Waals surface area (Å²) in [5.74, 6) is -0.0752. The average molecular weight is 408 g/mol. The fraction of sp³-hybridized carbons (Fsp3) is 0.417. The Hall–Kier alpha value is -2.86. The van der Waals surface area contributed by atoms with Gasteiger partial charge in [-0.2, -0.15) is 0 Å². The summed E-state index contributed by atoms with van der Waals surface area (Å²) < 4.78 is 10.9. The van der Waals surface area contributed by atoms with Gasteiger partial charge >= 0.3 is 6.09 Å². The number of hydrogen-bond donors (Lipinski definition) is 2. The van der Waals surface area contributed by atoms with Gasteiger partial charge in [0.2, 0.25) is 5.91 Å². The van der Waals surface area contributed by atoms with Crippen LogP contribution in [0.15, 0.2) is 54.6 Å². The predicted octanol–water partition coefficient (Wildman–Crippen LogP) is 3.26. The van der Waals surface area contributed by atoms with Gasteiger partial charge in [-0.15, -0.1) is 0 Å². The van der Waals surface area contributed by atoms with Gasteiger partial charge in [0.25, 0.3) is 0 Å². The van der Waals surface area contributed by atoms with Crippen LogP contribution in [-0.4, -0.2) is 36.9 Å². The van der Waals surface area contributed by atoms with E-state index in [4.69, 9.17) is 9.47 Å².